The molecule has 26 heavy (non-hydrogen) atoms. The van der Waals surface area contributed by atoms with E-state index < -0.39 is 5.79 Å². The van der Waals surface area contributed by atoms with Crippen LogP contribution in [0.3, 0.4) is 0 Å². The maximum Gasteiger partial charge on any atom is 0.211 e. The molecule has 6 heteroatoms. The summed E-state index contributed by atoms with van der Waals surface area (Å²) in [6, 6.07) is 13.7. The van der Waals surface area contributed by atoms with Crippen molar-refractivity contribution in [2.24, 2.45) is 27.1 Å². The summed E-state index contributed by atoms with van der Waals surface area (Å²) in [6.45, 7) is 8.54. The highest BCUT2D eigenvalue weighted by Gasteiger charge is 2.41. The summed E-state index contributed by atoms with van der Waals surface area (Å²) in [5, 5.41) is 6.55. The summed E-state index contributed by atoms with van der Waals surface area (Å²) in [6.07, 6.45) is 3.46. The van der Waals surface area contributed by atoms with Crippen LogP contribution in [0, 0.1) is 11.3 Å². The highest BCUT2D eigenvalue weighted by Crippen LogP contribution is 2.36. The van der Waals surface area contributed by atoms with E-state index in [0.29, 0.717) is 11.8 Å². The van der Waals surface area contributed by atoms with Crippen LogP contribution < -0.4 is 16.4 Å². The Kier molecular flexibility index (Phi) is 4.78. The van der Waals surface area contributed by atoms with Gasteiger partial charge in [0.25, 0.3) is 0 Å². The molecular formula is C20H26N6. The lowest BCUT2D eigenvalue weighted by atomic mass is 9.77. The number of nitrogens with zero attached hydrogens (tertiary/aromatic N) is 3. The summed E-state index contributed by atoms with van der Waals surface area (Å²) in [7, 11) is 0. The van der Waals surface area contributed by atoms with Crippen LogP contribution in [0.1, 0.15) is 33.3 Å². The monoisotopic (exact) mass is 350 g/mol. The van der Waals surface area contributed by atoms with E-state index in [-0.39, 0.29) is 11.3 Å². The number of guanidine groups is 1. The highest BCUT2D eigenvalue weighted by atomic mass is 15.4. The number of aliphatic imine (C=N–C) groups is 2. The van der Waals surface area contributed by atoms with Crippen LogP contribution in [0.25, 0.3) is 0 Å². The molecule has 0 amide bonds. The van der Waals surface area contributed by atoms with E-state index in [1.54, 1.807) is 12.4 Å². The van der Waals surface area contributed by atoms with E-state index in [1.165, 1.54) is 0 Å². The molecule has 4 N–H and O–H groups in total. The predicted octanol–water partition coefficient (Wildman–Crippen LogP) is 3.19. The Morgan fingerprint density at radius 2 is 1.69 bits per heavy atom. The summed E-state index contributed by atoms with van der Waals surface area (Å²) in [5.41, 5.74) is 8.49. The number of hydrogen-bond donors (Lipinski definition) is 3. The third kappa shape index (κ3) is 3.91. The molecule has 2 heterocycles. The molecule has 3 rings (SSSR count). The van der Waals surface area contributed by atoms with Crippen molar-refractivity contribution in [2.75, 3.05) is 5.32 Å². The average molecular weight is 350 g/mol. The first kappa shape index (κ1) is 18.1. The molecule has 1 aromatic heterocycles. The molecule has 0 spiro atoms. The lowest BCUT2D eigenvalue weighted by Crippen LogP contribution is -2.55. The molecule has 0 fully saturated rings. The molecule has 0 saturated carbocycles. The van der Waals surface area contributed by atoms with Crippen LogP contribution >= 0.6 is 0 Å². The Hall–Kier alpha value is -2.73. The standard InChI is InChI=1S/C20H26N6/c1-14(19(2,3)4)20(21)25-17(15-8-6-5-7-9-15)24-18(26-20)23-16-10-12-22-13-11-16/h5-14H,21H2,1-4H3,(H2,22,23,24,25,26). The number of nitrogens with one attached hydrogen (secondary N) is 2. The van der Waals surface area contributed by atoms with E-state index in [1.807, 2.05) is 42.5 Å². The smallest absolute Gasteiger partial charge is 0.211 e. The fraction of sp³-hybridized carbons (Fsp3) is 0.350. The Bertz CT molecular complexity index is 807. The second kappa shape index (κ2) is 6.88. The zero-order chi connectivity index (χ0) is 18.8. The van der Waals surface area contributed by atoms with Gasteiger partial charge in [0.05, 0.1) is 0 Å². The molecule has 1 aliphatic rings. The van der Waals surface area contributed by atoms with Gasteiger partial charge in [-0.1, -0.05) is 58.0 Å². The van der Waals surface area contributed by atoms with Crippen molar-refractivity contribution in [2.45, 2.75) is 33.5 Å². The normalized spacial score (nSPS) is 21.3. The van der Waals surface area contributed by atoms with Gasteiger partial charge in [0.1, 0.15) is 5.84 Å². The molecule has 0 bridgehead atoms. The molecule has 1 aliphatic heterocycles. The summed E-state index contributed by atoms with van der Waals surface area (Å²) in [4.78, 5) is 13.5. The predicted molar refractivity (Wildman–Crippen MR) is 107 cm³/mol. The van der Waals surface area contributed by atoms with Gasteiger partial charge < -0.3 is 10.6 Å². The van der Waals surface area contributed by atoms with Crippen LogP contribution in [0.15, 0.2) is 64.8 Å². The fourth-order valence-corrected chi connectivity index (χ4v) is 2.75. The minimum absolute atomic E-state index is 0.0186. The third-order valence-corrected chi connectivity index (χ3v) is 4.75. The quantitative estimate of drug-likeness (QED) is 0.793. The number of nitrogens with two attached hydrogens (primary N) is 1. The van der Waals surface area contributed by atoms with Crippen LogP contribution in [0.2, 0.25) is 0 Å². The summed E-state index contributed by atoms with van der Waals surface area (Å²) < 4.78 is 0. The maximum absolute atomic E-state index is 6.69. The van der Waals surface area contributed by atoms with Gasteiger partial charge >= 0.3 is 0 Å². The van der Waals surface area contributed by atoms with Crippen molar-refractivity contribution in [3.05, 3.63) is 60.4 Å². The van der Waals surface area contributed by atoms with Crippen molar-refractivity contribution in [1.29, 1.82) is 0 Å². The van der Waals surface area contributed by atoms with E-state index in [0.717, 1.165) is 11.3 Å². The zero-order valence-corrected chi connectivity index (χ0v) is 15.7. The van der Waals surface area contributed by atoms with E-state index >= 15 is 0 Å². The highest BCUT2D eigenvalue weighted by molar-refractivity contribution is 6.13. The molecule has 6 nitrogen and oxygen atoms in total. The van der Waals surface area contributed by atoms with Gasteiger partial charge in [0.15, 0.2) is 0 Å². The van der Waals surface area contributed by atoms with Gasteiger partial charge in [-0.25, -0.2) is 9.98 Å². The Morgan fingerprint density at radius 1 is 1.04 bits per heavy atom. The maximum atomic E-state index is 6.69. The van der Waals surface area contributed by atoms with Crippen molar-refractivity contribution in [3.8, 4) is 0 Å². The Balaban J connectivity index is 2.00. The molecule has 0 saturated heterocycles. The van der Waals surface area contributed by atoms with Crippen LogP contribution in [0.5, 0.6) is 0 Å². The number of anilines is 1. The lowest BCUT2D eigenvalue weighted by Gasteiger charge is -2.39. The van der Waals surface area contributed by atoms with E-state index in [9.17, 15) is 0 Å². The third-order valence-electron chi connectivity index (χ3n) is 4.75. The molecule has 136 valence electrons. The Labute approximate surface area is 154 Å². The average Bonchev–Trinajstić information content (AvgIpc) is 2.61. The van der Waals surface area contributed by atoms with Crippen molar-refractivity contribution >= 4 is 17.5 Å². The first-order chi connectivity index (χ1) is 12.3. The molecule has 2 unspecified atom stereocenters. The van der Waals surface area contributed by atoms with Gasteiger partial charge in [0, 0.05) is 29.6 Å². The minimum atomic E-state index is -1.07. The first-order valence-electron chi connectivity index (χ1n) is 8.76. The largest absolute Gasteiger partial charge is 0.326 e. The van der Waals surface area contributed by atoms with Gasteiger partial charge in [-0.15, -0.1) is 0 Å². The van der Waals surface area contributed by atoms with Gasteiger partial charge in [-0.3, -0.25) is 10.7 Å². The number of aromatic nitrogens is 1. The first-order valence-corrected chi connectivity index (χ1v) is 8.76. The van der Waals surface area contributed by atoms with Crippen molar-refractivity contribution in [1.82, 2.24) is 10.3 Å². The number of rotatable bonds is 3. The topological polar surface area (TPSA) is 87.7 Å². The van der Waals surface area contributed by atoms with E-state index in [4.69, 9.17) is 15.7 Å². The molecule has 0 aliphatic carbocycles. The zero-order valence-electron chi connectivity index (χ0n) is 15.7. The van der Waals surface area contributed by atoms with Crippen LogP contribution in [0.4, 0.5) is 5.69 Å². The number of hydrogen-bond acceptors (Lipinski definition) is 6. The molecule has 2 atom stereocenters. The number of benzene rings is 1. The van der Waals surface area contributed by atoms with Crippen molar-refractivity contribution in [3.63, 3.8) is 0 Å². The van der Waals surface area contributed by atoms with Crippen molar-refractivity contribution < 1.29 is 0 Å². The molecule has 1 aromatic carbocycles. The molecular weight excluding hydrogens is 324 g/mol. The Morgan fingerprint density at radius 3 is 2.31 bits per heavy atom. The summed E-state index contributed by atoms with van der Waals surface area (Å²) in [5.74, 6) is 0.230. The molecule has 0 radical (unpaired) electrons. The summed E-state index contributed by atoms with van der Waals surface area (Å²) >= 11 is 0. The SMILES string of the molecule is CC(C(C)(C)C)C1(N)N=C(Nc2ccncc2)NC(c2ccccc2)=N1. The molecule has 2 aromatic rings. The van der Waals surface area contributed by atoms with Gasteiger partial charge in [-0.05, 0) is 17.5 Å². The van der Waals surface area contributed by atoms with Crippen LogP contribution in [-0.4, -0.2) is 22.6 Å². The van der Waals surface area contributed by atoms with Gasteiger partial charge in [-0.2, -0.15) is 0 Å². The van der Waals surface area contributed by atoms with Crippen LogP contribution in [-0.2, 0) is 0 Å². The fourth-order valence-electron chi connectivity index (χ4n) is 2.75. The minimum Gasteiger partial charge on any atom is -0.326 e. The number of amidine groups is 1. The second-order valence-corrected chi connectivity index (χ2v) is 7.64. The van der Waals surface area contributed by atoms with E-state index in [2.05, 4.69) is 43.3 Å². The lowest BCUT2D eigenvalue weighted by molar-refractivity contribution is 0.155. The van der Waals surface area contributed by atoms with Gasteiger partial charge in [0.2, 0.25) is 11.7 Å². The number of pyridine rings is 1. The second-order valence-electron chi connectivity index (χ2n) is 7.64.